The van der Waals surface area contributed by atoms with Crippen LogP contribution in [0.1, 0.15) is 12.0 Å². The van der Waals surface area contributed by atoms with E-state index in [1.807, 2.05) is 0 Å². The summed E-state index contributed by atoms with van der Waals surface area (Å²) in [5.74, 6) is -0.784. The Labute approximate surface area is 103 Å². The Bertz CT molecular complexity index is 462. The molecule has 2 N–H and O–H groups in total. The summed E-state index contributed by atoms with van der Waals surface area (Å²) in [6.07, 6.45) is 0.401. The Morgan fingerprint density at radius 3 is 2.69 bits per heavy atom. The molecule has 16 heavy (non-hydrogen) atoms. The second kappa shape index (κ2) is 5.75. The van der Waals surface area contributed by atoms with Crippen LogP contribution in [0.25, 0.3) is 0 Å². The summed E-state index contributed by atoms with van der Waals surface area (Å²) in [6, 6.07) is 4.26. The van der Waals surface area contributed by atoms with Gasteiger partial charge in [-0.1, -0.05) is 15.9 Å². The zero-order chi connectivity index (χ0) is 12.2. The molecule has 0 bridgehead atoms. The van der Waals surface area contributed by atoms with Crippen LogP contribution in [0.4, 0.5) is 4.39 Å². The Morgan fingerprint density at radius 2 is 2.06 bits per heavy atom. The predicted octanol–water partition coefficient (Wildman–Crippen LogP) is 1.85. The number of hydrogen-bond acceptors (Lipinski definition) is 3. The van der Waals surface area contributed by atoms with Crippen LogP contribution in [0.15, 0.2) is 22.7 Å². The van der Waals surface area contributed by atoms with Crippen molar-refractivity contribution in [2.24, 2.45) is 5.73 Å². The molecule has 1 aromatic carbocycles. The summed E-state index contributed by atoms with van der Waals surface area (Å²) in [7, 11) is -3.28. The van der Waals surface area contributed by atoms with Crippen LogP contribution in [-0.4, -0.2) is 20.7 Å². The second-order valence-electron chi connectivity index (χ2n) is 3.47. The van der Waals surface area contributed by atoms with Gasteiger partial charge in [-0.2, -0.15) is 0 Å². The highest BCUT2D eigenvalue weighted by atomic mass is 79.9. The summed E-state index contributed by atoms with van der Waals surface area (Å²) in [5, 5.41) is 0. The maximum Gasteiger partial charge on any atom is 0.154 e. The molecule has 1 rings (SSSR count). The smallest absolute Gasteiger partial charge is 0.154 e. The van der Waals surface area contributed by atoms with Gasteiger partial charge in [-0.05, 0) is 31.2 Å². The normalized spacial score (nSPS) is 11.7. The number of benzene rings is 1. The van der Waals surface area contributed by atoms with Gasteiger partial charge in [0.2, 0.25) is 0 Å². The average Bonchev–Trinajstić information content (AvgIpc) is 2.20. The minimum atomic E-state index is -3.28. The highest BCUT2D eigenvalue weighted by Crippen LogP contribution is 2.18. The number of sulfone groups is 1. The number of rotatable bonds is 5. The van der Waals surface area contributed by atoms with Gasteiger partial charge in [0.1, 0.15) is 5.82 Å². The van der Waals surface area contributed by atoms with E-state index >= 15 is 0 Å². The third-order valence-corrected chi connectivity index (χ3v) is 4.20. The van der Waals surface area contributed by atoms with Gasteiger partial charge in [-0.3, -0.25) is 0 Å². The van der Waals surface area contributed by atoms with Crippen LogP contribution in [0.5, 0.6) is 0 Å². The van der Waals surface area contributed by atoms with E-state index in [0.29, 0.717) is 17.4 Å². The number of halogens is 2. The molecular formula is C10H13BrFNO2S. The molecule has 1 aromatic rings. The molecule has 0 radical (unpaired) electrons. The summed E-state index contributed by atoms with van der Waals surface area (Å²) in [5.41, 5.74) is 5.42. The molecule has 0 saturated carbocycles. The van der Waals surface area contributed by atoms with Crippen LogP contribution >= 0.6 is 15.9 Å². The van der Waals surface area contributed by atoms with E-state index in [2.05, 4.69) is 15.9 Å². The van der Waals surface area contributed by atoms with Crippen molar-refractivity contribution in [3.63, 3.8) is 0 Å². The molecule has 0 aliphatic carbocycles. The average molecular weight is 310 g/mol. The van der Waals surface area contributed by atoms with E-state index < -0.39 is 15.7 Å². The largest absolute Gasteiger partial charge is 0.330 e. The van der Waals surface area contributed by atoms with E-state index in [4.69, 9.17) is 5.73 Å². The summed E-state index contributed by atoms with van der Waals surface area (Å²) >= 11 is 3.18. The SMILES string of the molecule is NCCCS(=O)(=O)Cc1cc(Br)ccc1F. The lowest BCUT2D eigenvalue weighted by Crippen LogP contribution is -2.13. The van der Waals surface area contributed by atoms with Gasteiger partial charge in [0.05, 0.1) is 11.5 Å². The Balaban J connectivity index is 2.83. The van der Waals surface area contributed by atoms with Crippen molar-refractivity contribution in [1.29, 1.82) is 0 Å². The molecule has 0 aromatic heterocycles. The van der Waals surface area contributed by atoms with Crippen molar-refractivity contribution in [2.75, 3.05) is 12.3 Å². The van der Waals surface area contributed by atoms with Gasteiger partial charge in [-0.25, -0.2) is 12.8 Å². The molecule has 0 unspecified atom stereocenters. The fourth-order valence-corrected chi connectivity index (χ4v) is 3.12. The molecular weight excluding hydrogens is 297 g/mol. The van der Waals surface area contributed by atoms with E-state index in [-0.39, 0.29) is 17.1 Å². The van der Waals surface area contributed by atoms with Gasteiger partial charge in [0.15, 0.2) is 9.84 Å². The minimum Gasteiger partial charge on any atom is -0.330 e. The van der Waals surface area contributed by atoms with E-state index in [1.165, 1.54) is 18.2 Å². The first-order valence-corrected chi connectivity index (χ1v) is 7.40. The molecule has 90 valence electrons. The lowest BCUT2D eigenvalue weighted by atomic mass is 10.2. The zero-order valence-electron chi connectivity index (χ0n) is 8.62. The van der Waals surface area contributed by atoms with Crippen molar-refractivity contribution in [3.05, 3.63) is 34.1 Å². The van der Waals surface area contributed by atoms with E-state index in [9.17, 15) is 12.8 Å². The van der Waals surface area contributed by atoms with Crippen molar-refractivity contribution in [1.82, 2.24) is 0 Å². The topological polar surface area (TPSA) is 60.2 Å². The third-order valence-electron chi connectivity index (χ3n) is 2.04. The number of nitrogens with two attached hydrogens (primary N) is 1. The minimum absolute atomic E-state index is 0.00451. The van der Waals surface area contributed by atoms with Crippen LogP contribution < -0.4 is 5.73 Å². The highest BCUT2D eigenvalue weighted by molar-refractivity contribution is 9.10. The molecule has 0 spiro atoms. The van der Waals surface area contributed by atoms with Gasteiger partial charge in [0.25, 0.3) is 0 Å². The lowest BCUT2D eigenvalue weighted by molar-refractivity contribution is 0.585. The summed E-state index contributed by atoms with van der Waals surface area (Å²) in [6.45, 7) is 0.320. The molecule has 0 aliphatic rings. The van der Waals surface area contributed by atoms with Gasteiger partial charge >= 0.3 is 0 Å². The van der Waals surface area contributed by atoms with E-state index in [1.54, 1.807) is 0 Å². The van der Waals surface area contributed by atoms with Crippen LogP contribution in [0.3, 0.4) is 0 Å². The van der Waals surface area contributed by atoms with Crippen LogP contribution in [0.2, 0.25) is 0 Å². The first-order chi connectivity index (χ1) is 7.44. The Kier molecular flexibility index (Phi) is 4.89. The van der Waals surface area contributed by atoms with Crippen LogP contribution in [-0.2, 0) is 15.6 Å². The molecule has 3 nitrogen and oxygen atoms in total. The van der Waals surface area contributed by atoms with Crippen molar-refractivity contribution in [2.45, 2.75) is 12.2 Å². The fourth-order valence-electron chi connectivity index (χ4n) is 1.27. The molecule has 0 heterocycles. The summed E-state index contributed by atoms with van der Waals surface area (Å²) < 4.78 is 37.1. The second-order valence-corrected chi connectivity index (χ2v) is 6.57. The quantitative estimate of drug-likeness (QED) is 0.903. The van der Waals surface area contributed by atoms with E-state index in [0.717, 1.165) is 0 Å². The molecule has 0 saturated heterocycles. The molecule has 0 fully saturated rings. The Hall–Kier alpha value is -0.460. The first-order valence-electron chi connectivity index (χ1n) is 4.79. The molecule has 0 aliphatic heterocycles. The first kappa shape index (κ1) is 13.6. The maximum atomic E-state index is 13.3. The van der Waals surface area contributed by atoms with Crippen molar-refractivity contribution in [3.8, 4) is 0 Å². The maximum absolute atomic E-state index is 13.3. The monoisotopic (exact) mass is 309 g/mol. The van der Waals surface area contributed by atoms with Crippen molar-refractivity contribution < 1.29 is 12.8 Å². The fraction of sp³-hybridized carbons (Fsp3) is 0.400. The molecule has 0 atom stereocenters. The zero-order valence-corrected chi connectivity index (χ0v) is 11.0. The summed E-state index contributed by atoms with van der Waals surface area (Å²) in [4.78, 5) is 0. The third kappa shape index (κ3) is 4.19. The van der Waals surface area contributed by atoms with Crippen LogP contribution in [0, 0.1) is 5.82 Å². The van der Waals surface area contributed by atoms with Crippen molar-refractivity contribution >= 4 is 25.8 Å². The van der Waals surface area contributed by atoms with Gasteiger partial charge in [0, 0.05) is 10.0 Å². The lowest BCUT2D eigenvalue weighted by Gasteiger charge is -2.05. The number of hydrogen-bond donors (Lipinski definition) is 1. The predicted molar refractivity (Wildman–Crippen MR) is 65.3 cm³/mol. The molecule has 0 amide bonds. The highest BCUT2D eigenvalue weighted by Gasteiger charge is 2.14. The van der Waals surface area contributed by atoms with Gasteiger partial charge < -0.3 is 5.73 Å². The Morgan fingerprint density at radius 1 is 1.38 bits per heavy atom. The standard InChI is InChI=1S/C10H13BrFNO2S/c11-9-2-3-10(12)8(6-9)7-16(14,15)5-1-4-13/h2-3,6H,1,4-5,7,13H2. The molecule has 6 heteroatoms. The van der Waals surface area contributed by atoms with Gasteiger partial charge in [-0.15, -0.1) is 0 Å².